The van der Waals surface area contributed by atoms with E-state index >= 15 is 0 Å². The van der Waals surface area contributed by atoms with E-state index in [1.54, 1.807) is 0 Å². The van der Waals surface area contributed by atoms with Gasteiger partial charge in [0.05, 0.1) is 6.42 Å². The van der Waals surface area contributed by atoms with Crippen LogP contribution in [0, 0.1) is 0 Å². The number of rotatable bonds is 7. The Labute approximate surface area is 176 Å². The van der Waals surface area contributed by atoms with Crippen molar-refractivity contribution >= 4 is 11.6 Å². The molecule has 1 nitrogen and oxygen atoms in total. The van der Waals surface area contributed by atoms with Gasteiger partial charge in [-0.25, -0.2) is 0 Å². The molecule has 1 atom stereocenters. The molecule has 0 radical (unpaired) electrons. The second-order valence-electron chi connectivity index (χ2n) is 6.54. The quantitative estimate of drug-likeness (QED) is 0.361. The van der Waals surface area contributed by atoms with Crippen LogP contribution < -0.4 is 0 Å². The monoisotopic (exact) mass is 542 g/mol. The summed E-state index contributed by atoms with van der Waals surface area (Å²) in [6.45, 7) is 0. The summed E-state index contributed by atoms with van der Waals surface area (Å²) in [5.74, 6) is -39.7. The lowest BCUT2D eigenvalue weighted by molar-refractivity contribution is -0.443. The van der Waals surface area contributed by atoms with Gasteiger partial charge in [0.25, 0.3) is 0 Å². The molecule has 0 aliphatic carbocycles. The largest absolute Gasteiger partial charge is 0.460 e. The highest BCUT2D eigenvalue weighted by Gasteiger charge is 2.91. The Bertz CT molecular complexity index is 841. The number of alkyl halides is 16. The molecule has 33 heavy (non-hydrogen) atoms. The third-order valence-electron chi connectivity index (χ3n) is 4.27. The van der Waals surface area contributed by atoms with Gasteiger partial charge in [-0.15, -0.1) is 0 Å². The fourth-order valence-corrected chi connectivity index (χ4v) is 2.45. The van der Waals surface area contributed by atoms with Crippen molar-refractivity contribution in [3.8, 4) is 0 Å². The third-order valence-corrected chi connectivity index (χ3v) is 4.52. The molecule has 0 aliphatic rings. The third kappa shape index (κ3) is 4.41. The van der Waals surface area contributed by atoms with E-state index in [-0.39, 0.29) is 12.1 Å². The van der Waals surface area contributed by atoms with Crippen molar-refractivity contribution < 1.29 is 75.4 Å². The van der Waals surface area contributed by atoms with E-state index < -0.39 is 64.6 Å². The maximum absolute atomic E-state index is 13.9. The van der Waals surface area contributed by atoms with Crippen molar-refractivity contribution in [2.45, 2.75) is 54.0 Å². The Morgan fingerprint density at radius 3 is 1.24 bits per heavy atom. The SMILES string of the molecule is OC(CC(F)(F)C(F)(F)C(F)(F)C(F)(F)C(F)(F)C(F)(F)F)(c1ccc(Cl)cc1)C(F)(F)F. The Morgan fingerprint density at radius 2 is 0.909 bits per heavy atom. The number of hydrogen-bond donors (Lipinski definition) is 1. The van der Waals surface area contributed by atoms with Gasteiger partial charge in [-0.1, -0.05) is 23.7 Å². The normalized spacial score (nSPS) is 17.2. The molecule has 0 amide bonds. The molecule has 1 aromatic rings. The molecule has 0 fully saturated rings. The van der Waals surface area contributed by atoms with Crippen LogP contribution in [-0.2, 0) is 5.60 Å². The summed E-state index contributed by atoms with van der Waals surface area (Å²) in [6.07, 6.45) is -18.0. The molecule has 0 aliphatic heterocycles. The smallest absolute Gasteiger partial charge is 0.376 e. The standard InChI is InChI=1S/C15H7ClF16O/c16-7-3-1-6(2-4-7)8(33,14(27,28)29)5-9(17,18)10(19,20)11(21,22)12(23,24)13(25,26)15(30,31)32/h1-4,33H,5H2. The molecule has 0 bridgehead atoms. The van der Waals surface area contributed by atoms with Gasteiger partial charge in [0.15, 0.2) is 5.60 Å². The highest BCUT2D eigenvalue weighted by atomic mass is 35.5. The average molecular weight is 543 g/mol. The van der Waals surface area contributed by atoms with Crippen molar-refractivity contribution in [3.05, 3.63) is 34.9 Å². The highest BCUT2D eigenvalue weighted by molar-refractivity contribution is 6.30. The zero-order valence-electron chi connectivity index (χ0n) is 14.9. The van der Waals surface area contributed by atoms with Gasteiger partial charge in [-0.3, -0.25) is 0 Å². The van der Waals surface area contributed by atoms with Crippen LogP contribution in [-0.4, -0.2) is 47.1 Å². The summed E-state index contributed by atoms with van der Waals surface area (Å²) in [6, 6.07) is 1.12. The maximum Gasteiger partial charge on any atom is 0.460 e. The minimum Gasteiger partial charge on any atom is -0.376 e. The van der Waals surface area contributed by atoms with Gasteiger partial charge in [-0.05, 0) is 17.7 Å². The van der Waals surface area contributed by atoms with E-state index in [0.717, 1.165) is 0 Å². The van der Waals surface area contributed by atoms with Crippen molar-refractivity contribution in [3.63, 3.8) is 0 Å². The fraction of sp³-hybridized carbons (Fsp3) is 0.600. The zero-order chi connectivity index (χ0) is 26.7. The summed E-state index contributed by atoms with van der Waals surface area (Å²) in [4.78, 5) is 0. The van der Waals surface area contributed by atoms with E-state index in [0.29, 0.717) is 12.1 Å². The maximum atomic E-state index is 13.9. The molecule has 0 aromatic heterocycles. The van der Waals surface area contributed by atoms with Gasteiger partial charge < -0.3 is 5.11 Å². The summed E-state index contributed by atoms with van der Waals surface area (Å²) in [5, 5.41) is 9.21. The van der Waals surface area contributed by atoms with Crippen LogP contribution in [0.1, 0.15) is 12.0 Å². The van der Waals surface area contributed by atoms with Gasteiger partial charge in [0, 0.05) is 5.02 Å². The molecule has 192 valence electrons. The number of hydrogen-bond acceptors (Lipinski definition) is 1. The lowest BCUT2D eigenvalue weighted by atomic mass is 9.82. The zero-order valence-corrected chi connectivity index (χ0v) is 15.6. The van der Waals surface area contributed by atoms with Gasteiger partial charge in [0.1, 0.15) is 0 Å². The van der Waals surface area contributed by atoms with Gasteiger partial charge in [0.2, 0.25) is 0 Å². The van der Waals surface area contributed by atoms with Crippen LogP contribution in [0.4, 0.5) is 70.2 Å². The second-order valence-corrected chi connectivity index (χ2v) is 6.98. The van der Waals surface area contributed by atoms with Crippen LogP contribution in [0.25, 0.3) is 0 Å². The topological polar surface area (TPSA) is 20.2 Å². The van der Waals surface area contributed by atoms with E-state index in [2.05, 4.69) is 0 Å². The predicted molar refractivity (Wildman–Crippen MR) is 76.8 cm³/mol. The number of aliphatic hydroxyl groups is 1. The summed E-state index contributed by atoms with van der Waals surface area (Å²) < 4.78 is 210. The van der Waals surface area contributed by atoms with Crippen LogP contribution in [0.15, 0.2) is 24.3 Å². The molecule has 1 unspecified atom stereocenters. The molecule has 1 N–H and O–H groups in total. The first kappa shape index (κ1) is 29.4. The van der Waals surface area contributed by atoms with Crippen LogP contribution >= 0.6 is 11.6 Å². The first-order chi connectivity index (χ1) is 14.2. The minimum absolute atomic E-state index is 0.0919. The first-order valence-corrected chi connectivity index (χ1v) is 8.09. The molecule has 0 heterocycles. The summed E-state index contributed by atoms with van der Waals surface area (Å²) in [5.41, 5.74) is -6.96. The molecule has 0 saturated carbocycles. The van der Waals surface area contributed by atoms with E-state index in [1.807, 2.05) is 0 Å². The number of halogens is 17. The van der Waals surface area contributed by atoms with Crippen LogP contribution in [0.3, 0.4) is 0 Å². The van der Waals surface area contributed by atoms with E-state index in [4.69, 9.17) is 11.6 Å². The number of benzene rings is 1. The molecule has 1 rings (SSSR count). The summed E-state index contributed by atoms with van der Waals surface area (Å²) in [7, 11) is 0. The molecular weight excluding hydrogens is 536 g/mol. The Hall–Kier alpha value is -1.65. The minimum atomic E-state index is -8.28. The van der Waals surface area contributed by atoms with E-state index in [9.17, 15) is 75.4 Å². The molecule has 1 aromatic carbocycles. The average Bonchev–Trinajstić information content (AvgIpc) is 2.59. The molecule has 0 saturated heterocycles. The lowest BCUT2D eigenvalue weighted by Crippen LogP contribution is -2.70. The van der Waals surface area contributed by atoms with E-state index in [1.165, 1.54) is 0 Å². The van der Waals surface area contributed by atoms with Gasteiger partial charge >= 0.3 is 42.0 Å². The second kappa shape index (κ2) is 7.95. The predicted octanol–water partition coefficient (Wildman–Crippen LogP) is 7.22. The fourth-order valence-electron chi connectivity index (χ4n) is 2.33. The van der Waals surface area contributed by atoms with Crippen molar-refractivity contribution in [2.75, 3.05) is 0 Å². The van der Waals surface area contributed by atoms with Crippen molar-refractivity contribution in [1.29, 1.82) is 0 Å². The lowest BCUT2D eigenvalue weighted by Gasteiger charge is -2.42. The first-order valence-electron chi connectivity index (χ1n) is 7.71. The van der Waals surface area contributed by atoms with Crippen LogP contribution in [0.5, 0.6) is 0 Å². The van der Waals surface area contributed by atoms with Crippen molar-refractivity contribution in [2.24, 2.45) is 0 Å². The van der Waals surface area contributed by atoms with Crippen LogP contribution in [0.2, 0.25) is 5.02 Å². The summed E-state index contributed by atoms with van der Waals surface area (Å²) >= 11 is 5.29. The molecule has 18 heteroatoms. The van der Waals surface area contributed by atoms with Gasteiger partial charge in [-0.2, -0.15) is 70.2 Å². The Balaban J connectivity index is 3.65. The molecular formula is C15H7ClF16O. The molecule has 0 spiro atoms. The Morgan fingerprint density at radius 1 is 0.545 bits per heavy atom. The van der Waals surface area contributed by atoms with Crippen molar-refractivity contribution in [1.82, 2.24) is 0 Å². The highest BCUT2D eigenvalue weighted by Crippen LogP contribution is 2.62. The Kier molecular flexibility index (Phi) is 7.08.